The van der Waals surface area contributed by atoms with Gasteiger partial charge in [-0.2, -0.15) is 0 Å². The Labute approximate surface area is 172 Å². The molecule has 0 unspecified atom stereocenters. The topological polar surface area (TPSA) is 59.4 Å². The van der Waals surface area contributed by atoms with Crippen molar-refractivity contribution in [2.75, 3.05) is 25.0 Å². The van der Waals surface area contributed by atoms with Crippen molar-refractivity contribution in [2.24, 2.45) is 7.05 Å². The summed E-state index contributed by atoms with van der Waals surface area (Å²) in [6, 6.07) is 17.5. The molecular formula is C23H28N4O2. The molecule has 0 aliphatic carbocycles. The van der Waals surface area contributed by atoms with E-state index in [-0.39, 0.29) is 5.91 Å². The SMILES string of the molecule is CN(CCCCNC(=O)c1ccc(OCc2nccn2C)cc1)c1ccccc1. The molecule has 0 bridgehead atoms. The van der Waals surface area contributed by atoms with Gasteiger partial charge in [-0.25, -0.2) is 4.98 Å². The highest BCUT2D eigenvalue weighted by Gasteiger charge is 2.06. The molecule has 6 nitrogen and oxygen atoms in total. The molecule has 0 saturated carbocycles. The number of carbonyl (C=O) groups is 1. The number of hydrogen-bond donors (Lipinski definition) is 1. The third-order valence-electron chi connectivity index (χ3n) is 4.81. The Balaban J connectivity index is 1.35. The van der Waals surface area contributed by atoms with E-state index in [0.717, 1.165) is 25.2 Å². The van der Waals surface area contributed by atoms with Gasteiger partial charge in [0.25, 0.3) is 5.91 Å². The second-order valence-corrected chi connectivity index (χ2v) is 6.99. The average molecular weight is 393 g/mol. The van der Waals surface area contributed by atoms with Gasteiger partial charge in [0.1, 0.15) is 18.2 Å². The average Bonchev–Trinajstić information content (AvgIpc) is 3.17. The van der Waals surface area contributed by atoms with E-state index in [4.69, 9.17) is 4.74 Å². The van der Waals surface area contributed by atoms with Gasteiger partial charge < -0.3 is 19.5 Å². The van der Waals surface area contributed by atoms with Gasteiger partial charge in [-0.05, 0) is 49.2 Å². The fourth-order valence-electron chi connectivity index (χ4n) is 2.98. The van der Waals surface area contributed by atoms with Crippen LogP contribution in [0.1, 0.15) is 29.0 Å². The molecule has 3 aromatic rings. The molecule has 0 atom stereocenters. The van der Waals surface area contributed by atoms with Crippen LogP contribution in [-0.4, -0.2) is 35.6 Å². The number of rotatable bonds is 10. The molecule has 1 N–H and O–H groups in total. The highest BCUT2D eigenvalue weighted by atomic mass is 16.5. The van der Waals surface area contributed by atoms with Crippen LogP contribution < -0.4 is 15.0 Å². The molecule has 0 radical (unpaired) electrons. The molecule has 0 spiro atoms. The number of anilines is 1. The van der Waals surface area contributed by atoms with Crippen LogP contribution in [0.15, 0.2) is 67.0 Å². The molecule has 0 fully saturated rings. The Kier molecular flexibility index (Phi) is 7.28. The van der Waals surface area contributed by atoms with E-state index < -0.39 is 0 Å². The lowest BCUT2D eigenvalue weighted by Crippen LogP contribution is -2.25. The van der Waals surface area contributed by atoms with E-state index in [2.05, 4.69) is 34.4 Å². The van der Waals surface area contributed by atoms with Gasteiger partial charge in [0.2, 0.25) is 0 Å². The Morgan fingerprint density at radius 2 is 1.86 bits per heavy atom. The Bertz CT molecular complexity index is 891. The molecule has 2 aromatic carbocycles. The third kappa shape index (κ3) is 6.10. The minimum atomic E-state index is -0.0583. The highest BCUT2D eigenvalue weighted by Crippen LogP contribution is 2.14. The van der Waals surface area contributed by atoms with Gasteiger partial charge >= 0.3 is 0 Å². The lowest BCUT2D eigenvalue weighted by atomic mass is 10.2. The fraction of sp³-hybridized carbons (Fsp3) is 0.304. The van der Waals surface area contributed by atoms with Gasteiger partial charge in [-0.1, -0.05) is 18.2 Å². The highest BCUT2D eigenvalue weighted by molar-refractivity contribution is 5.94. The summed E-state index contributed by atoms with van der Waals surface area (Å²) in [5.74, 6) is 1.51. The first kappa shape index (κ1) is 20.5. The molecule has 1 aromatic heterocycles. The van der Waals surface area contributed by atoms with Crippen molar-refractivity contribution >= 4 is 11.6 Å². The molecule has 29 heavy (non-hydrogen) atoms. The number of unbranched alkanes of at least 4 members (excludes halogenated alkanes) is 1. The Hall–Kier alpha value is -3.28. The summed E-state index contributed by atoms with van der Waals surface area (Å²) in [5, 5.41) is 2.98. The molecule has 0 saturated heterocycles. The van der Waals surface area contributed by atoms with Crippen LogP contribution in [0, 0.1) is 0 Å². The number of aryl methyl sites for hydroxylation is 1. The summed E-state index contributed by atoms with van der Waals surface area (Å²) in [6.07, 6.45) is 5.58. The maximum Gasteiger partial charge on any atom is 0.251 e. The minimum Gasteiger partial charge on any atom is -0.486 e. The lowest BCUT2D eigenvalue weighted by Gasteiger charge is -2.19. The van der Waals surface area contributed by atoms with Crippen LogP contribution in [0.25, 0.3) is 0 Å². The quantitative estimate of drug-likeness (QED) is 0.535. The molecule has 1 amide bonds. The number of imidazole rings is 1. The number of nitrogens with zero attached hydrogens (tertiary/aromatic N) is 3. The van der Waals surface area contributed by atoms with Crippen LogP contribution >= 0.6 is 0 Å². The Morgan fingerprint density at radius 1 is 1.10 bits per heavy atom. The number of amides is 1. The van der Waals surface area contributed by atoms with Crippen molar-refractivity contribution < 1.29 is 9.53 Å². The van der Waals surface area contributed by atoms with Crippen LogP contribution in [0.3, 0.4) is 0 Å². The molecule has 152 valence electrons. The predicted octanol–water partition coefficient (Wildman–Crippen LogP) is 3.65. The number of nitrogens with one attached hydrogen (secondary N) is 1. The summed E-state index contributed by atoms with van der Waals surface area (Å²) >= 11 is 0. The van der Waals surface area contributed by atoms with Gasteiger partial charge in [-0.15, -0.1) is 0 Å². The summed E-state index contributed by atoms with van der Waals surface area (Å²) in [7, 11) is 4.02. The van der Waals surface area contributed by atoms with Crippen LogP contribution in [0.2, 0.25) is 0 Å². The van der Waals surface area contributed by atoms with Crippen molar-refractivity contribution in [1.29, 1.82) is 0 Å². The summed E-state index contributed by atoms with van der Waals surface area (Å²) in [6.45, 7) is 2.02. The normalized spacial score (nSPS) is 10.6. The number of benzene rings is 2. The van der Waals surface area contributed by atoms with E-state index in [1.807, 2.05) is 48.1 Å². The van der Waals surface area contributed by atoms with Crippen molar-refractivity contribution in [1.82, 2.24) is 14.9 Å². The van der Waals surface area contributed by atoms with Crippen LogP contribution in [0.5, 0.6) is 5.75 Å². The van der Waals surface area contributed by atoms with Gasteiger partial charge in [0, 0.05) is 50.8 Å². The summed E-state index contributed by atoms with van der Waals surface area (Å²) < 4.78 is 7.63. The zero-order valence-electron chi connectivity index (χ0n) is 17.0. The monoisotopic (exact) mass is 392 g/mol. The first-order chi connectivity index (χ1) is 14.1. The number of carbonyl (C=O) groups excluding carboxylic acids is 1. The second kappa shape index (κ2) is 10.3. The van der Waals surface area contributed by atoms with Gasteiger partial charge in [-0.3, -0.25) is 4.79 Å². The predicted molar refractivity (Wildman–Crippen MR) is 115 cm³/mol. The van der Waals surface area contributed by atoms with Crippen LogP contribution in [0.4, 0.5) is 5.69 Å². The van der Waals surface area contributed by atoms with Crippen molar-refractivity contribution in [3.05, 3.63) is 78.4 Å². The molecule has 6 heteroatoms. The molecule has 1 heterocycles. The number of ether oxygens (including phenoxy) is 1. The van der Waals surface area contributed by atoms with Crippen LogP contribution in [-0.2, 0) is 13.7 Å². The maximum atomic E-state index is 12.3. The Morgan fingerprint density at radius 3 is 2.55 bits per heavy atom. The standard InChI is InChI=1S/C23H28N4O2/c1-26(20-8-4-3-5-9-20)16-7-6-14-25-23(28)19-10-12-21(13-11-19)29-18-22-24-15-17-27(22)2/h3-5,8-13,15,17H,6-7,14,16,18H2,1-2H3,(H,25,28). The van der Waals surface area contributed by atoms with E-state index in [9.17, 15) is 4.79 Å². The molecule has 0 aliphatic rings. The fourth-order valence-corrected chi connectivity index (χ4v) is 2.98. The smallest absolute Gasteiger partial charge is 0.251 e. The second-order valence-electron chi connectivity index (χ2n) is 6.99. The molecular weight excluding hydrogens is 364 g/mol. The maximum absolute atomic E-state index is 12.3. The summed E-state index contributed by atoms with van der Waals surface area (Å²) in [5.41, 5.74) is 1.84. The van der Waals surface area contributed by atoms with Crippen molar-refractivity contribution in [3.8, 4) is 5.75 Å². The third-order valence-corrected chi connectivity index (χ3v) is 4.81. The van der Waals surface area contributed by atoms with Crippen molar-refractivity contribution in [3.63, 3.8) is 0 Å². The first-order valence-electron chi connectivity index (χ1n) is 9.87. The minimum absolute atomic E-state index is 0.0583. The molecule has 0 aliphatic heterocycles. The molecule has 3 rings (SSSR count). The number of aromatic nitrogens is 2. The largest absolute Gasteiger partial charge is 0.486 e. The van der Waals surface area contributed by atoms with Crippen molar-refractivity contribution in [2.45, 2.75) is 19.4 Å². The number of para-hydroxylation sites is 1. The zero-order valence-corrected chi connectivity index (χ0v) is 17.0. The van der Waals surface area contributed by atoms with E-state index in [1.54, 1.807) is 18.3 Å². The van der Waals surface area contributed by atoms with Gasteiger partial charge in [0.05, 0.1) is 0 Å². The lowest BCUT2D eigenvalue weighted by molar-refractivity contribution is 0.0953. The number of hydrogen-bond acceptors (Lipinski definition) is 4. The summed E-state index contributed by atoms with van der Waals surface area (Å²) in [4.78, 5) is 18.7. The van der Waals surface area contributed by atoms with E-state index in [0.29, 0.717) is 24.5 Å². The zero-order chi connectivity index (χ0) is 20.5. The van der Waals surface area contributed by atoms with E-state index in [1.165, 1.54) is 5.69 Å². The first-order valence-corrected chi connectivity index (χ1v) is 9.87. The van der Waals surface area contributed by atoms with Gasteiger partial charge in [0.15, 0.2) is 0 Å². The van der Waals surface area contributed by atoms with E-state index >= 15 is 0 Å².